The molecule has 1 saturated heterocycles. The topological polar surface area (TPSA) is 45.7 Å². The van der Waals surface area contributed by atoms with Gasteiger partial charge in [-0.2, -0.15) is 13.2 Å². The normalized spacial score (nSPS) is 16.0. The minimum Gasteiger partial charge on any atom is -0.462 e. The molecule has 0 spiro atoms. The third-order valence-electron chi connectivity index (χ3n) is 4.80. The van der Waals surface area contributed by atoms with Gasteiger partial charge in [-0.25, -0.2) is 4.79 Å². The summed E-state index contributed by atoms with van der Waals surface area (Å²) in [4.78, 5) is 20.8. The van der Waals surface area contributed by atoms with E-state index >= 15 is 0 Å². The summed E-state index contributed by atoms with van der Waals surface area (Å²) in [6, 6.07) is 3.45. The molecule has 0 radical (unpaired) electrons. The van der Waals surface area contributed by atoms with Crippen LogP contribution < -0.4 is 4.90 Å². The highest BCUT2D eigenvalue weighted by molar-refractivity contribution is 6.05. The van der Waals surface area contributed by atoms with Gasteiger partial charge in [-0.3, -0.25) is 4.98 Å². The van der Waals surface area contributed by atoms with Gasteiger partial charge in [0.05, 0.1) is 23.4 Å². The number of carbonyl (C=O) groups is 1. The lowest BCUT2D eigenvalue weighted by molar-refractivity contribution is -0.137. The van der Waals surface area contributed by atoms with Crippen molar-refractivity contribution in [2.24, 2.45) is 0 Å². The molecule has 1 fully saturated rings. The van der Waals surface area contributed by atoms with Crippen molar-refractivity contribution in [1.29, 1.82) is 0 Å². The van der Waals surface area contributed by atoms with Gasteiger partial charge in [-0.05, 0) is 25.6 Å². The van der Waals surface area contributed by atoms with Crippen LogP contribution in [0.1, 0.15) is 29.8 Å². The zero-order valence-corrected chi connectivity index (χ0v) is 15.3. The molecule has 0 N–H and O–H groups in total. The number of hydrogen-bond acceptors (Lipinski definition) is 5. The molecule has 3 rings (SSSR count). The molecule has 1 aromatic heterocycles. The van der Waals surface area contributed by atoms with Crippen LogP contribution in [0.15, 0.2) is 24.4 Å². The number of anilines is 1. The minimum atomic E-state index is -4.44. The summed E-state index contributed by atoms with van der Waals surface area (Å²) < 4.78 is 44.3. The lowest BCUT2D eigenvalue weighted by Gasteiger charge is -2.36. The number of benzene rings is 1. The fraction of sp³-hybridized carbons (Fsp3) is 0.474. The van der Waals surface area contributed by atoms with Gasteiger partial charge in [0.15, 0.2) is 0 Å². The average Bonchev–Trinajstić information content (AvgIpc) is 2.66. The number of fused-ring (bicyclic) bond motifs is 1. The van der Waals surface area contributed by atoms with Crippen molar-refractivity contribution in [3.05, 3.63) is 35.5 Å². The molecule has 1 aliphatic rings. The third kappa shape index (κ3) is 4.00. The fourth-order valence-electron chi connectivity index (χ4n) is 3.34. The second-order valence-electron chi connectivity index (χ2n) is 6.39. The SMILES string of the molecule is CCOC(=O)c1cnc2cc(C(F)(F)F)ccc2c1N1CCN(CC)CC1. The highest BCUT2D eigenvalue weighted by Crippen LogP contribution is 2.35. The van der Waals surface area contributed by atoms with Gasteiger partial charge in [0.2, 0.25) is 0 Å². The predicted octanol–water partition coefficient (Wildman–Crippen LogP) is 3.57. The molecule has 1 aromatic carbocycles. The van der Waals surface area contributed by atoms with Crippen molar-refractivity contribution in [2.75, 3.05) is 44.2 Å². The summed E-state index contributed by atoms with van der Waals surface area (Å²) in [5.74, 6) is -0.514. The predicted molar refractivity (Wildman–Crippen MR) is 97.0 cm³/mol. The quantitative estimate of drug-likeness (QED) is 0.758. The molecule has 0 aliphatic carbocycles. The Bertz CT molecular complexity index is 831. The number of pyridine rings is 1. The number of hydrogen-bond donors (Lipinski definition) is 0. The van der Waals surface area contributed by atoms with Crippen molar-refractivity contribution < 1.29 is 22.7 Å². The first kappa shape index (κ1) is 19.4. The Morgan fingerprint density at radius 3 is 2.48 bits per heavy atom. The van der Waals surface area contributed by atoms with E-state index < -0.39 is 17.7 Å². The Morgan fingerprint density at radius 1 is 1.19 bits per heavy atom. The fourth-order valence-corrected chi connectivity index (χ4v) is 3.34. The van der Waals surface area contributed by atoms with Crippen LogP contribution in [0, 0.1) is 0 Å². The monoisotopic (exact) mass is 381 g/mol. The molecule has 1 aliphatic heterocycles. The van der Waals surface area contributed by atoms with Gasteiger partial charge in [-0.15, -0.1) is 0 Å². The zero-order chi connectivity index (χ0) is 19.6. The van der Waals surface area contributed by atoms with Crippen LogP contribution in [0.5, 0.6) is 0 Å². The number of likely N-dealkylation sites (N-methyl/N-ethyl adjacent to an activating group) is 1. The number of carbonyl (C=O) groups excluding carboxylic acids is 1. The van der Waals surface area contributed by atoms with Crippen LogP contribution in [0.25, 0.3) is 10.9 Å². The summed E-state index contributed by atoms with van der Waals surface area (Å²) in [5.41, 5.74) is 0.343. The van der Waals surface area contributed by atoms with Gasteiger partial charge in [-0.1, -0.05) is 13.0 Å². The van der Waals surface area contributed by atoms with Crippen molar-refractivity contribution in [3.8, 4) is 0 Å². The standard InChI is InChI=1S/C19H22F3N3O2/c1-3-24-7-9-25(10-8-24)17-14-6-5-13(19(20,21)22)11-16(14)23-12-15(17)18(26)27-4-2/h5-6,11-12H,3-4,7-10H2,1-2H3. The Morgan fingerprint density at radius 2 is 1.89 bits per heavy atom. The van der Waals surface area contributed by atoms with E-state index in [4.69, 9.17) is 4.74 Å². The molecular formula is C19H22F3N3O2. The number of rotatable bonds is 4. The second kappa shape index (κ2) is 7.72. The molecule has 0 unspecified atom stereocenters. The maximum atomic E-state index is 13.0. The van der Waals surface area contributed by atoms with E-state index in [9.17, 15) is 18.0 Å². The van der Waals surface area contributed by atoms with Gasteiger partial charge in [0.1, 0.15) is 5.56 Å². The maximum Gasteiger partial charge on any atom is 0.416 e. The van der Waals surface area contributed by atoms with Crippen LogP contribution >= 0.6 is 0 Å². The number of esters is 1. The van der Waals surface area contributed by atoms with Gasteiger partial charge in [0.25, 0.3) is 0 Å². The number of alkyl halides is 3. The molecule has 2 aromatic rings. The highest BCUT2D eigenvalue weighted by atomic mass is 19.4. The molecule has 146 valence electrons. The molecule has 27 heavy (non-hydrogen) atoms. The van der Waals surface area contributed by atoms with E-state index in [1.54, 1.807) is 6.92 Å². The van der Waals surface area contributed by atoms with E-state index in [0.717, 1.165) is 31.8 Å². The van der Waals surface area contributed by atoms with Gasteiger partial charge < -0.3 is 14.5 Å². The lowest BCUT2D eigenvalue weighted by Crippen LogP contribution is -2.46. The summed E-state index contributed by atoms with van der Waals surface area (Å²) >= 11 is 0. The molecular weight excluding hydrogens is 359 g/mol. The van der Waals surface area contributed by atoms with E-state index in [1.807, 2.05) is 4.90 Å². The first-order chi connectivity index (χ1) is 12.8. The van der Waals surface area contributed by atoms with Gasteiger partial charge in [0, 0.05) is 37.8 Å². The Labute approximate surface area is 155 Å². The van der Waals surface area contributed by atoms with Crippen molar-refractivity contribution >= 4 is 22.6 Å². The molecule has 8 heteroatoms. The summed E-state index contributed by atoms with van der Waals surface area (Å²) in [6.07, 6.45) is -3.12. The van der Waals surface area contributed by atoms with Crippen LogP contribution in [-0.4, -0.2) is 55.2 Å². The minimum absolute atomic E-state index is 0.214. The molecule has 0 amide bonds. The summed E-state index contributed by atoms with van der Waals surface area (Å²) in [7, 11) is 0. The van der Waals surface area contributed by atoms with Crippen LogP contribution in [0.4, 0.5) is 18.9 Å². The second-order valence-corrected chi connectivity index (χ2v) is 6.39. The Kier molecular flexibility index (Phi) is 5.55. The number of piperazine rings is 1. The van der Waals surface area contributed by atoms with E-state index in [2.05, 4.69) is 16.8 Å². The molecule has 0 atom stereocenters. The average molecular weight is 381 g/mol. The van der Waals surface area contributed by atoms with Crippen molar-refractivity contribution in [1.82, 2.24) is 9.88 Å². The van der Waals surface area contributed by atoms with E-state index in [0.29, 0.717) is 24.2 Å². The highest BCUT2D eigenvalue weighted by Gasteiger charge is 2.31. The number of halogens is 3. The first-order valence-corrected chi connectivity index (χ1v) is 8.99. The first-order valence-electron chi connectivity index (χ1n) is 8.99. The molecule has 2 heterocycles. The Balaban J connectivity index is 2.10. The third-order valence-corrected chi connectivity index (χ3v) is 4.80. The Hall–Kier alpha value is -2.35. The van der Waals surface area contributed by atoms with Crippen LogP contribution in [0.2, 0.25) is 0 Å². The molecule has 0 saturated carbocycles. The molecule has 5 nitrogen and oxygen atoms in total. The van der Waals surface area contributed by atoms with E-state index in [1.165, 1.54) is 12.3 Å². The number of nitrogens with zero attached hydrogens (tertiary/aromatic N) is 3. The van der Waals surface area contributed by atoms with Crippen LogP contribution in [0.3, 0.4) is 0 Å². The summed E-state index contributed by atoms with van der Waals surface area (Å²) in [6.45, 7) is 7.95. The maximum absolute atomic E-state index is 13.0. The smallest absolute Gasteiger partial charge is 0.416 e. The number of ether oxygens (including phenoxy) is 1. The van der Waals surface area contributed by atoms with Gasteiger partial charge >= 0.3 is 12.1 Å². The summed E-state index contributed by atoms with van der Waals surface area (Å²) in [5, 5.41) is 0.526. The largest absolute Gasteiger partial charge is 0.462 e. The molecule has 0 bridgehead atoms. The number of aromatic nitrogens is 1. The zero-order valence-electron chi connectivity index (χ0n) is 15.3. The van der Waals surface area contributed by atoms with E-state index in [-0.39, 0.29) is 17.7 Å². The van der Waals surface area contributed by atoms with Crippen LogP contribution in [-0.2, 0) is 10.9 Å². The van der Waals surface area contributed by atoms with Crippen molar-refractivity contribution in [2.45, 2.75) is 20.0 Å². The lowest BCUT2D eigenvalue weighted by atomic mass is 10.0. The van der Waals surface area contributed by atoms with Crippen molar-refractivity contribution in [3.63, 3.8) is 0 Å².